The Morgan fingerprint density at radius 1 is 1.18 bits per heavy atom. The van der Waals surface area contributed by atoms with Crippen molar-refractivity contribution in [2.24, 2.45) is 0 Å². The van der Waals surface area contributed by atoms with Crippen molar-refractivity contribution < 1.29 is 13.7 Å². The van der Waals surface area contributed by atoms with Crippen LogP contribution in [0.4, 0.5) is 15.9 Å². The van der Waals surface area contributed by atoms with E-state index in [4.69, 9.17) is 14.6 Å². The monoisotopic (exact) mass is 380 g/mol. The molecule has 0 atom stereocenters. The molecule has 1 aromatic heterocycles. The van der Waals surface area contributed by atoms with E-state index in [1.54, 1.807) is 19.1 Å². The second-order valence-electron chi connectivity index (χ2n) is 7.64. The molecule has 2 heterocycles. The zero-order valence-corrected chi connectivity index (χ0v) is 16.6. The van der Waals surface area contributed by atoms with Crippen LogP contribution in [0.1, 0.15) is 46.0 Å². The molecule has 0 saturated carbocycles. The Morgan fingerprint density at radius 2 is 1.86 bits per heavy atom. The summed E-state index contributed by atoms with van der Waals surface area (Å²) < 4.78 is 26.7. The lowest BCUT2D eigenvalue weighted by molar-refractivity contribution is 0.00578. The van der Waals surface area contributed by atoms with Gasteiger partial charge in [0.25, 0.3) is 0 Å². The second-order valence-corrected chi connectivity index (χ2v) is 7.64. The van der Waals surface area contributed by atoms with Gasteiger partial charge in [-0.05, 0) is 64.0 Å². The van der Waals surface area contributed by atoms with Crippen LogP contribution in [-0.2, 0) is 9.31 Å². The largest absolute Gasteiger partial charge is 0.525 e. The minimum atomic E-state index is -1.04. The van der Waals surface area contributed by atoms with E-state index < -0.39 is 24.0 Å². The lowest BCUT2D eigenvalue weighted by Gasteiger charge is -2.32. The van der Waals surface area contributed by atoms with E-state index in [9.17, 15) is 0 Å². The first-order chi connectivity index (χ1) is 13.1. The van der Waals surface area contributed by atoms with Crippen LogP contribution in [0, 0.1) is 11.3 Å². The third kappa shape index (κ3) is 3.91. The highest BCUT2D eigenvalue weighted by Gasteiger charge is 2.53. The smallest absolute Gasteiger partial charge is 0.398 e. The molecular formula is C20H22BFN4O2. The van der Waals surface area contributed by atoms with Crippen LogP contribution < -0.4 is 5.32 Å². The lowest BCUT2D eigenvalue weighted by Crippen LogP contribution is -2.41. The van der Waals surface area contributed by atoms with Crippen LogP contribution in [-0.4, -0.2) is 28.3 Å². The number of halogens is 1. The fourth-order valence-electron chi connectivity index (χ4n) is 2.72. The molecule has 2 aromatic rings. The Labute approximate surface area is 164 Å². The van der Waals surface area contributed by atoms with Gasteiger partial charge < -0.3 is 14.6 Å². The third-order valence-electron chi connectivity index (χ3n) is 5.14. The van der Waals surface area contributed by atoms with Crippen LogP contribution in [0.25, 0.3) is 5.57 Å². The highest BCUT2D eigenvalue weighted by atomic mass is 19.1. The molecule has 0 radical (unpaired) electrons. The van der Waals surface area contributed by atoms with Gasteiger partial charge in [-0.1, -0.05) is 12.1 Å². The summed E-state index contributed by atoms with van der Waals surface area (Å²) in [7, 11) is -1.04. The Kier molecular flexibility index (Phi) is 5.24. The van der Waals surface area contributed by atoms with Crippen molar-refractivity contribution in [3.63, 3.8) is 0 Å². The summed E-state index contributed by atoms with van der Waals surface area (Å²) in [6.07, 6.45) is 1.50. The summed E-state index contributed by atoms with van der Waals surface area (Å²) in [5, 5.41) is 12.0. The number of nitrogens with one attached hydrogen (secondary N) is 1. The number of aromatic nitrogens is 2. The van der Waals surface area contributed by atoms with Crippen LogP contribution in [0.5, 0.6) is 0 Å². The SMILES string of the molecule is CC(=C(F)B1OC(C)(C)C(C)(C)O1)c1cccc(Nc2ccnc(C#N)n2)c1. The second kappa shape index (κ2) is 7.34. The maximum Gasteiger partial charge on any atom is 0.525 e. The number of allylic oxidation sites excluding steroid dienone is 1. The van der Waals surface area contributed by atoms with Gasteiger partial charge in [-0.3, -0.25) is 0 Å². The highest BCUT2D eigenvalue weighted by Crippen LogP contribution is 2.40. The topological polar surface area (TPSA) is 80.1 Å². The molecule has 8 heteroatoms. The van der Waals surface area contributed by atoms with Crippen molar-refractivity contribution >= 4 is 24.2 Å². The van der Waals surface area contributed by atoms with Crippen LogP contribution in [0.3, 0.4) is 0 Å². The predicted octanol–water partition coefficient (Wildman–Crippen LogP) is 4.42. The Morgan fingerprint density at radius 3 is 2.50 bits per heavy atom. The molecule has 28 heavy (non-hydrogen) atoms. The number of hydrogen-bond donors (Lipinski definition) is 1. The zero-order chi connectivity index (χ0) is 20.5. The van der Waals surface area contributed by atoms with Gasteiger partial charge in [-0.2, -0.15) is 5.26 Å². The van der Waals surface area contributed by atoms with Crippen molar-refractivity contribution in [3.05, 3.63) is 53.6 Å². The van der Waals surface area contributed by atoms with Gasteiger partial charge in [0.15, 0.2) is 0 Å². The van der Waals surface area contributed by atoms with Crippen LogP contribution in [0.15, 0.2) is 42.3 Å². The molecule has 0 amide bonds. The van der Waals surface area contributed by atoms with Crippen molar-refractivity contribution in [2.45, 2.75) is 45.8 Å². The average molecular weight is 380 g/mol. The van der Waals surface area contributed by atoms with Crippen molar-refractivity contribution in [1.82, 2.24) is 9.97 Å². The van der Waals surface area contributed by atoms with Crippen LogP contribution >= 0.6 is 0 Å². The molecule has 0 aliphatic carbocycles. The number of rotatable bonds is 4. The standard InChI is InChI=1S/C20H22BFN4O2/c1-13(18(22)21-27-19(2,3)20(4,5)28-21)14-7-6-8-15(11-14)25-16-9-10-24-17(12-23)26-16/h6-11H,1-5H3,(H,24,25,26). The van der Waals surface area contributed by atoms with Crippen molar-refractivity contribution in [3.8, 4) is 6.07 Å². The summed E-state index contributed by atoms with van der Waals surface area (Å²) in [6.45, 7) is 9.24. The van der Waals surface area contributed by atoms with Crippen molar-refractivity contribution in [2.75, 3.05) is 5.32 Å². The fraction of sp³-hybridized carbons (Fsp3) is 0.350. The van der Waals surface area contributed by atoms with Crippen molar-refractivity contribution in [1.29, 1.82) is 5.26 Å². The van der Waals surface area contributed by atoms with E-state index in [-0.39, 0.29) is 5.82 Å². The Balaban J connectivity index is 1.85. The highest BCUT2D eigenvalue weighted by molar-refractivity contribution is 6.55. The molecule has 1 aromatic carbocycles. The zero-order valence-electron chi connectivity index (χ0n) is 16.6. The van der Waals surface area contributed by atoms with Crippen LogP contribution in [0.2, 0.25) is 0 Å². The van der Waals surface area contributed by atoms with Gasteiger partial charge in [0.1, 0.15) is 17.6 Å². The molecule has 0 bridgehead atoms. The summed E-state index contributed by atoms with van der Waals surface area (Å²) in [6, 6.07) is 10.8. The maximum absolute atomic E-state index is 15.1. The molecule has 1 aliphatic heterocycles. The summed E-state index contributed by atoms with van der Waals surface area (Å²) in [4.78, 5) is 7.92. The van der Waals surface area contributed by atoms with E-state index in [1.165, 1.54) is 6.20 Å². The first kappa shape index (κ1) is 20.0. The normalized spacial score (nSPS) is 18.4. The summed E-state index contributed by atoms with van der Waals surface area (Å²) in [5.41, 5.74) is 0.161. The number of hydrogen-bond acceptors (Lipinski definition) is 6. The van der Waals surface area contributed by atoms with E-state index in [0.717, 1.165) is 0 Å². The summed E-state index contributed by atoms with van der Waals surface area (Å²) >= 11 is 0. The van der Waals surface area contributed by atoms with Gasteiger partial charge in [0.2, 0.25) is 5.82 Å². The third-order valence-corrected chi connectivity index (χ3v) is 5.14. The molecule has 0 spiro atoms. The number of benzene rings is 1. The molecule has 1 N–H and O–H groups in total. The number of nitrogens with zero attached hydrogens (tertiary/aromatic N) is 3. The van der Waals surface area contributed by atoms with Gasteiger partial charge in [0, 0.05) is 11.9 Å². The molecule has 6 nitrogen and oxygen atoms in total. The Bertz CT molecular complexity index is 953. The first-order valence-electron chi connectivity index (χ1n) is 8.95. The molecule has 0 unspecified atom stereocenters. The summed E-state index contributed by atoms with van der Waals surface area (Å²) in [5.74, 6) is 0.556. The van der Waals surface area contributed by atoms with Gasteiger partial charge in [-0.25, -0.2) is 14.4 Å². The van der Waals surface area contributed by atoms with Gasteiger partial charge in [0.05, 0.1) is 11.2 Å². The predicted molar refractivity (Wildman–Crippen MR) is 106 cm³/mol. The molecule has 3 rings (SSSR count). The number of nitriles is 1. The molecule has 1 fully saturated rings. The van der Waals surface area contributed by atoms with Gasteiger partial charge in [-0.15, -0.1) is 0 Å². The first-order valence-corrected chi connectivity index (χ1v) is 8.95. The molecule has 1 aliphatic rings. The van der Waals surface area contributed by atoms with E-state index in [0.29, 0.717) is 22.6 Å². The molecule has 1 saturated heterocycles. The minimum absolute atomic E-state index is 0.0732. The fourth-order valence-corrected chi connectivity index (χ4v) is 2.72. The average Bonchev–Trinajstić information content (AvgIpc) is 2.88. The minimum Gasteiger partial charge on any atom is -0.398 e. The van der Waals surface area contributed by atoms with Gasteiger partial charge >= 0.3 is 7.12 Å². The van der Waals surface area contributed by atoms with E-state index >= 15 is 4.39 Å². The Hall–Kier alpha value is -2.76. The molecule has 144 valence electrons. The quantitative estimate of drug-likeness (QED) is 0.791. The van der Waals surface area contributed by atoms with E-state index in [1.807, 2.05) is 52.0 Å². The lowest BCUT2D eigenvalue weighted by atomic mass is 9.83. The number of anilines is 2. The molecular weight excluding hydrogens is 358 g/mol. The van der Waals surface area contributed by atoms with E-state index in [2.05, 4.69) is 15.3 Å². The maximum atomic E-state index is 15.1.